The van der Waals surface area contributed by atoms with Crippen molar-refractivity contribution >= 4 is 33.5 Å². The zero-order valence-corrected chi connectivity index (χ0v) is 10.8. The molecule has 16 heavy (non-hydrogen) atoms. The van der Waals surface area contributed by atoms with Crippen molar-refractivity contribution in [3.8, 4) is 5.75 Å². The second kappa shape index (κ2) is 6.08. The Bertz CT molecular complexity index is 383. The highest BCUT2D eigenvalue weighted by Crippen LogP contribution is 2.27. The molecule has 0 aliphatic heterocycles. The lowest BCUT2D eigenvalue weighted by Crippen LogP contribution is -2.31. The molecule has 0 spiro atoms. The lowest BCUT2D eigenvalue weighted by molar-refractivity contribution is -0.147. The fourth-order valence-electron chi connectivity index (χ4n) is 1.02. The first-order chi connectivity index (χ1) is 7.54. The summed E-state index contributed by atoms with van der Waals surface area (Å²) < 4.78 is 10.7. The Morgan fingerprint density at radius 2 is 2.31 bits per heavy atom. The minimum atomic E-state index is -1.08. The van der Waals surface area contributed by atoms with Gasteiger partial charge in [0.25, 0.3) is 0 Å². The zero-order valence-electron chi connectivity index (χ0n) is 8.44. The van der Waals surface area contributed by atoms with Crippen LogP contribution < -0.4 is 4.74 Å². The Kier molecular flexibility index (Phi) is 5.05. The molecule has 0 amide bonds. The molecule has 0 saturated carbocycles. The van der Waals surface area contributed by atoms with Crippen LogP contribution in [0.25, 0.3) is 0 Å². The van der Waals surface area contributed by atoms with Crippen LogP contribution in [0.5, 0.6) is 5.75 Å². The predicted molar refractivity (Wildman–Crippen MR) is 63.1 cm³/mol. The van der Waals surface area contributed by atoms with Crippen LogP contribution in [-0.4, -0.2) is 30.9 Å². The van der Waals surface area contributed by atoms with Crippen molar-refractivity contribution in [3.63, 3.8) is 0 Å². The fraction of sp³-hybridized carbons (Fsp3) is 0.300. The molecule has 0 radical (unpaired) electrons. The maximum absolute atomic E-state index is 10.8. The number of benzene rings is 1. The van der Waals surface area contributed by atoms with Crippen molar-refractivity contribution in [2.45, 2.75) is 6.10 Å². The molecule has 1 aromatic carbocycles. The van der Waals surface area contributed by atoms with Crippen LogP contribution in [-0.2, 0) is 9.53 Å². The molecule has 6 heteroatoms. The summed E-state index contributed by atoms with van der Waals surface area (Å²) in [5.74, 6) is -0.696. The molecule has 88 valence electrons. The molecular weight excluding hydrogens is 299 g/mol. The summed E-state index contributed by atoms with van der Waals surface area (Å²) >= 11 is 9.08. The second-order valence-electron chi connectivity index (χ2n) is 2.98. The molecule has 1 aromatic rings. The van der Waals surface area contributed by atoms with Gasteiger partial charge in [-0.15, -0.1) is 0 Å². The van der Waals surface area contributed by atoms with E-state index in [2.05, 4.69) is 15.9 Å². The highest BCUT2D eigenvalue weighted by Gasteiger charge is 2.19. The van der Waals surface area contributed by atoms with Gasteiger partial charge in [-0.05, 0) is 34.1 Å². The van der Waals surface area contributed by atoms with Crippen molar-refractivity contribution in [3.05, 3.63) is 27.7 Å². The van der Waals surface area contributed by atoms with Gasteiger partial charge < -0.3 is 14.6 Å². The molecule has 0 saturated heterocycles. The summed E-state index contributed by atoms with van der Waals surface area (Å²) in [4.78, 5) is 10.8. The average Bonchev–Trinajstić information content (AvgIpc) is 2.22. The Morgan fingerprint density at radius 1 is 1.62 bits per heavy atom. The standard InChI is InChI=1S/C10H10BrClO4/c1-15-5-9(10(13)14)16-6-2-3-7(11)8(12)4-6/h2-4,9H,5H2,1H3,(H,13,14). The molecule has 4 nitrogen and oxygen atoms in total. The van der Waals surface area contributed by atoms with E-state index in [4.69, 9.17) is 26.2 Å². The van der Waals surface area contributed by atoms with Crippen molar-refractivity contribution in [2.75, 3.05) is 13.7 Å². The van der Waals surface area contributed by atoms with Gasteiger partial charge in [0.15, 0.2) is 0 Å². The van der Waals surface area contributed by atoms with Gasteiger partial charge in [0, 0.05) is 11.6 Å². The molecule has 0 bridgehead atoms. The third-order valence-electron chi connectivity index (χ3n) is 1.76. The third kappa shape index (κ3) is 3.66. The van der Waals surface area contributed by atoms with Crippen molar-refractivity contribution in [1.82, 2.24) is 0 Å². The first kappa shape index (κ1) is 13.3. The smallest absolute Gasteiger partial charge is 0.347 e. The van der Waals surface area contributed by atoms with Crippen LogP contribution >= 0.6 is 27.5 Å². The molecule has 1 rings (SSSR count). The minimum absolute atomic E-state index is 0.0248. The first-order valence-electron chi connectivity index (χ1n) is 4.38. The normalized spacial score (nSPS) is 12.2. The summed E-state index contributed by atoms with van der Waals surface area (Å²) in [5.41, 5.74) is 0. The number of hydrogen-bond donors (Lipinski definition) is 1. The number of halogens is 2. The Hall–Kier alpha value is -0.780. The molecule has 0 fully saturated rings. The summed E-state index contributed by atoms with van der Waals surface area (Å²) in [6, 6.07) is 4.85. The maximum atomic E-state index is 10.8. The quantitative estimate of drug-likeness (QED) is 0.908. The van der Waals surface area contributed by atoms with E-state index in [1.807, 2.05) is 0 Å². The van der Waals surface area contributed by atoms with Gasteiger partial charge >= 0.3 is 5.97 Å². The molecule has 0 aliphatic rings. The monoisotopic (exact) mass is 308 g/mol. The minimum Gasteiger partial charge on any atom is -0.478 e. The van der Waals surface area contributed by atoms with Gasteiger partial charge in [0.05, 0.1) is 11.6 Å². The largest absolute Gasteiger partial charge is 0.478 e. The molecule has 1 unspecified atom stereocenters. The zero-order chi connectivity index (χ0) is 12.1. The number of rotatable bonds is 5. The number of hydrogen-bond acceptors (Lipinski definition) is 3. The van der Waals surface area contributed by atoms with E-state index in [9.17, 15) is 4.79 Å². The first-order valence-corrected chi connectivity index (χ1v) is 5.55. The van der Waals surface area contributed by atoms with Crippen LogP contribution in [0.4, 0.5) is 0 Å². The van der Waals surface area contributed by atoms with Crippen LogP contribution in [0.3, 0.4) is 0 Å². The molecule has 1 N–H and O–H groups in total. The van der Waals surface area contributed by atoms with Crippen LogP contribution in [0, 0.1) is 0 Å². The van der Waals surface area contributed by atoms with E-state index in [1.54, 1.807) is 12.1 Å². The van der Waals surface area contributed by atoms with Crippen LogP contribution in [0.1, 0.15) is 0 Å². The summed E-state index contributed by atoms with van der Waals surface area (Å²) in [6.07, 6.45) is -1.04. The lowest BCUT2D eigenvalue weighted by Gasteiger charge is -2.14. The summed E-state index contributed by atoms with van der Waals surface area (Å²) in [6.45, 7) is -0.0248. The third-order valence-corrected chi connectivity index (χ3v) is 3.00. The van der Waals surface area contributed by atoms with Crippen molar-refractivity contribution in [1.29, 1.82) is 0 Å². The highest BCUT2D eigenvalue weighted by atomic mass is 79.9. The Labute approximate surface area is 106 Å². The SMILES string of the molecule is COCC(Oc1ccc(Br)c(Cl)c1)C(=O)O. The van der Waals surface area contributed by atoms with E-state index in [0.717, 1.165) is 4.47 Å². The van der Waals surface area contributed by atoms with Crippen molar-refractivity contribution in [2.24, 2.45) is 0 Å². The molecule has 0 aliphatic carbocycles. The van der Waals surface area contributed by atoms with Gasteiger partial charge in [-0.1, -0.05) is 11.6 Å². The van der Waals surface area contributed by atoms with Crippen LogP contribution in [0.15, 0.2) is 22.7 Å². The van der Waals surface area contributed by atoms with E-state index in [-0.39, 0.29) is 6.61 Å². The number of methoxy groups -OCH3 is 1. The lowest BCUT2D eigenvalue weighted by atomic mass is 10.3. The topological polar surface area (TPSA) is 55.8 Å². The molecular formula is C10H10BrClO4. The van der Waals surface area contributed by atoms with Gasteiger partial charge in [0.2, 0.25) is 6.10 Å². The fourth-order valence-corrected chi connectivity index (χ4v) is 1.44. The Balaban J connectivity index is 2.77. The number of aliphatic carboxylic acids is 1. The molecule has 0 aromatic heterocycles. The van der Waals surface area contributed by atoms with Crippen LogP contribution in [0.2, 0.25) is 5.02 Å². The van der Waals surface area contributed by atoms with E-state index >= 15 is 0 Å². The highest BCUT2D eigenvalue weighted by molar-refractivity contribution is 9.10. The van der Waals surface area contributed by atoms with Gasteiger partial charge in [-0.25, -0.2) is 4.79 Å². The predicted octanol–water partition coefficient (Wildman–Crippen LogP) is 2.58. The molecule has 0 heterocycles. The second-order valence-corrected chi connectivity index (χ2v) is 4.24. The van der Waals surface area contributed by atoms with Gasteiger partial charge in [-0.2, -0.15) is 0 Å². The number of carboxylic acids is 1. The van der Waals surface area contributed by atoms with E-state index < -0.39 is 12.1 Å². The van der Waals surface area contributed by atoms with Gasteiger partial charge in [0.1, 0.15) is 5.75 Å². The van der Waals surface area contributed by atoms with Crippen molar-refractivity contribution < 1.29 is 19.4 Å². The maximum Gasteiger partial charge on any atom is 0.347 e. The summed E-state index contributed by atoms with van der Waals surface area (Å²) in [5, 5.41) is 9.30. The average molecular weight is 310 g/mol. The number of carbonyl (C=O) groups is 1. The van der Waals surface area contributed by atoms with E-state index in [0.29, 0.717) is 10.8 Å². The number of carboxylic acid groups (broad SMARTS) is 1. The summed E-state index contributed by atoms with van der Waals surface area (Å²) in [7, 11) is 1.41. The molecule has 1 atom stereocenters. The number of ether oxygens (including phenoxy) is 2. The van der Waals surface area contributed by atoms with E-state index in [1.165, 1.54) is 13.2 Å². The Morgan fingerprint density at radius 3 is 2.81 bits per heavy atom. The van der Waals surface area contributed by atoms with Gasteiger partial charge in [-0.3, -0.25) is 0 Å².